The molecule has 9 heteroatoms. The minimum atomic E-state index is -0.847. The van der Waals surface area contributed by atoms with Gasteiger partial charge >= 0.3 is 0 Å². The summed E-state index contributed by atoms with van der Waals surface area (Å²) in [4.78, 5) is 58.1. The van der Waals surface area contributed by atoms with E-state index in [-0.39, 0.29) is 24.4 Å². The summed E-state index contributed by atoms with van der Waals surface area (Å²) in [5, 5.41) is 9.79. The molecule has 1 fully saturated rings. The molecule has 0 heterocycles. The van der Waals surface area contributed by atoms with Crippen LogP contribution in [0.5, 0.6) is 0 Å². The Bertz CT molecular complexity index is 543. The van der Waals surface area contributed by atoms with Gasteiger partial charge in [-0.1, -0.05) is 13.8 Å². The van der Waals surface area contributed by atoms with Crippen LogP contribution >= 0.6 is 0 Å². The van der Waals surface area contributed by atoms with Crippen LogP contribution in [0.3, 0.4) is 0 Å². The third-order valence-corrected chi connectivity index (χ3v) is 3.45. The van der Waals surface area contributed by atoms with Crippen molar-refractivity contribution in [2.24, 2.45) is 5.92 Å². The van der Waals surface area contributed by atoms with Crippen LogP contribution in [0.4, 0.5) is 0 Å². The van der Waals surface area contributed by atoms with E-state index in [9.17, 15) is 24.0 Å². The lowest BCUT2D eigenvalue weighted by Crippen LogP contribution is -2.51. The van der Waals surface area contributed by atoms with Gasteiger partial charge in [0.1, 0.15) is 6.04 Å². The molecule has 0 aliphatic heterocycles. The fraction of sp³-hybridized carbons (Fsp3) is 0.688. The van der Waals surface area contributed by atoms with Crippen LogP contribution in [0.25, 0.3) is 0 Å². The Morgan fingerprint density at radius 3 is 2.16 bits per heavy atom. The molecule has 0 bridgehead atoms. The third kappa shape index (κ3) is 8.83. The largest absolute Gasteiger partial charge is 0.347 e. The van der Waals surface area contributed by atoms with Gasteiger partial charge in [0.05, 0.1) is 13.1 Å². The van der Waals surface area contributed by atoms with E-state index in [1.807, 2.05) is 13.8 Å². The van der Waals surface area contributed by atoms with Gasteiger partial charge in [-0.2, -0.15) is 0 Å². The second-order valence-electron chi connectivity index (χ2n) is 6.55. The van der Waals surface area contributed by atoms with Crippen molar-refractivity contribution in [3.05, 3.63) is 0 Å². The van der Waals surface area contributed by atoms with Crippen molar-refractivity contribution in [2.45, 2.75) is 52.1 Å². The molecule has 1 aliphatic rings. The Hall–Kier alpha value is -2.45. The Morgan fingerprint density at radius 1 is 1.00 bits per heavy atom. The SMILES string of the molecule is CC(=O)NCC(=O)N[C@@H](CC(C)C)C(=O)NCC(=O)C(=O)NC1CC1. The van der Waals surface area contributed by atoms with E-state index in [4.69, 9.17) is 0 Å². The Morgan fingerprint density at radius 2 is 1.64 bits per heavy atom. The molecule has 140 valence electrons. The van der Waals surface area contributed by atoms with Crippen molar-refractivity contribution >= 4 is 29.4 Å². The molecule has 4 N–H and O–H groups in total. The quantitative estimate of drug-likeness (QED) is 0.359. The first kappa shape index (κ1) is 20.6. The smallest absolute Gasteiger partial charge is 0.289 e. The van der Waals surface area contributed by atoms with Crippen molar-refractivity contribution < 1.29 is 24.0 Å². The lowest BCUT2D eigenvalue weighted by Gasteiger charge is -2.20. The maximum atomic E-state index is 12.2. The molecule has 0 aromatic rings. The molecular weight excluding hydrogens is 328 g/mol. The number of hydrogen-bond acceptors (Lipinski definition) is 5. The van der Waals surface area contributed by atoms with E-state index in [2.05, 4.69) is 21.3 Å². The van der Waals surface area contributed by atoms with Crippen molar-refractivity contribution in [3.63, 3.8) is 0 Å². The molecule has 1 atom stereocenters. The number of amides is 4. The fourth-order valence-electron chi connectivity index (χ4n) is 2.02. The molecule has 0 aromatic carbocycles. The third-order valence-electron chi connectivity index (χ3n) is 3.45. The first-order chi connectivity index (χ1) is 11.7. The van der Waals surface area contributed by atoms with Gasteiger partial charge in [-0.05, 0) is 25.2 Å². The highest BCUT2D eigenvalue weighted by Crippen LogP contribution is 2.18. The molecule has 0 unspecified atom stereocenters. The van der Waals surface area contributed by atoms with E-state index in [0.717, 1.165) is 12.8 Å². The van der Waals surface area contributed by atoms with E-state index in [1.54, 1.807) is 0 Å². The monoisotopic (exact) mass is 354 g/mol. The van der Waals surface area contributed by atoms with Gasteiger partial charge in [-0.25, -0.2) is 0 Å². The summed E-state index contributed by atoms with van der Waals surface area (Å²) in [6.45, 7) is 4.39. The summed E-state index contributed by atoms with van der Waals surface area (Å²) in [6, 6.07) is -0.783. The van der Waals surface area contributed by atoms with Crippen LogP contribution in [0.1, 0.15) is 40.0 Å². The molecule has 1 saturated carbocycles. The molecule has 4 amide bonds. The van der Waals surface area contributed by atoms with Gasteiger partial charge in [-0.15, -0.1) is 0 Å². The predicted octanol–water partition coefficient (Wildman–Crippen LogP) is -1.38. The minimum absolute atomic E-state index is 0.0638. The van der Waals surface area contributed by atoms with Crippen LogP contribution < -0.4 is 21.3 Å². The zero-order valence-electron chi connectivity index (χ0n) is 14.8. The molecule has 0 spiro atoms. The summed E-state index contributed by atoms with van der Waals surface area (Å²) in [7, 11) is 0. The van der Waals surface area contributed by atoms with Crippen LogP contribution in [0.2, 0.25) is 0 Å². The highest BCUT2D eigenvalue weighted by atomic mass is 16.2. The first-order valence-corrected chi connectivity index (χ1v) is 8.34. The van der Waals surface area contributed by atoms with Gasteiger partial charge in [0.25, 0.3) is 5.91 Å². The van der Waals surface area contributed by atoms with Crippen LogP contribution in [-0.2, 0) is 24.0 Å². The van der Waals surface area contributed by atoms with Crippen molar-refractivity contribution in [1.29, 1.82) is 0 Å². The highest BCUT2D eigenvalue weighted by Gasteiger charge is 2.27. The molecule has 0 aromatic heterocycles. The molecule has 1 aliphatic carbocycles. The molecular formula is C16H26N4O5. The van der Waals surface area contributed by atoms with E-state index in [0.29, 0.717) is 6.42 Å². The van der Waals surface area contributed by atoms with Gasteiger partial charge in [-0.3, -0.25) is 24.0 Å². The van der Waals surface area contributed by atoms with Crippen molar-refractivity contribution in [2.75, 3.05) is 13.1 Å². The number of hydrogen-bond donors (Lipinski definition) is 4. The lowest BCUT2D eigenvalue weighted by molar-refractivity contribution is -0.138. The molecule has 0 saturated heterocycles. The average molecular weight is 354 g/mol. The van der Waals surface area contributed by atoms with Crippen LogP contribution in [0, 0.1) is 5.92 Å². The van der Waals surface area contributed by atoms with Crippen molar-refractivity contribution in [1.82, 2.24) is 21.3 Å². The van der Waals surface area contributed by atoms with Gasteiger partial charge < -0.3 is 21.3 Å². The number of nitrogens with one attached hydrogen (secondary N) is 4. The number of carbonyl (C=O) groups excluding carboxylic acids is 5. The molecule has 25 heavy (non-hydrogen) atoms. The van der Waals surface area contributed by atoms with E-state index < -0.39 is 36.1 Å². The number of ketones is 1. The second kappa shape index (κ2) is 9.75. The summed E-state index contributed by atoms with van der Waals surface area (Å²) in [5.74, 6) is -2.73. The summed E-state index contributed by atoms with van der Waals surface area (Å²) >= 11 is 0. The van der Waals surface area contributed by atoms with Crippen molar-refractivity contribution in [3.8, 4) is 0 Å². The standard InChI is InChI=1S/C16H26N4O5/c1-9(2)6-12(20-14(23)8-17-10(3)21)15(24)18-7-13(22)16(25)19-11-4-5-11/h9,11-12H,4-8H2,1-3H3,(H,17,21)(H,18,24)(H,19,25)(H,20,23)/t12-/m0/s1. The first-order valence-electron chi connectivity index (χ1n) is 8.34. The van der Waals surface area contributed by atoms with Crippen LogP contribution in [0.15, 0.2) is 0 Å². The van der Waals surface area contributed by atoms with Gasteiger partial charge in [0, 0.05) is 13.0 Å². The Balaban J connectivity index is 2.48. The molecule has 9 nitrogen and oxygen atoms in total. The zero-order chi connectivity index (χ0) is 19.0. The Kier molecular flexibility index (Phi) is 8.03. The zero-order valence-corrected chi connectivity index (χ0v) is 14.8. The maximum absolute atomic E-state index is 12.2. The van der Waals surface area contributed by atoms with Crippen LogP contribution in [-0.4, -0.2) is 54.6 Å². The molecule has 0 radical (unpaired) electrons. The maximum Gasteiger partial charge on any atom is 0.289 e. The molecule has 1 rings (SSSR count). The average Bonchev–Trinajstić information content (AvgIpc) is 3.32. The van der Waals surface area contributed by atoms with Gasteiger partial charge in [0.2, 0.25) is 23.5 Å². The summed E-state index contributed by atoms with van der Waals surface area (Å²) in [6.07, 6.45) is 2.09. The van der Waals surface area contributed by atoms with E-state index >= 15 is 0 Å². The second-order valence-corrected chi connectivity index (χ2v) is 6.55. The minimum Gasteiger partial charge on any atom is -0.347 e. The lowest BCUT2D eigenvalue weighted by atomic mass is 10.0. The summed E-state index contributed by atoms with van der Waals surface area (Å²) in [5.41, 5.74) is 0. The van der Waals surface area contributed by atoms with E-state index in [1.165, 1.54) is 6.92 Å². The number of carbonyl (C=O) groups is 5. The highest BCUT2D eigenvalue weighted by molar-refractivity contribution is 6.37. The summed E-state index contributed by atoms with van der Waals surface area (Å²) < 4.78 is 0. The fourth-order valence-corrected chi connectivity index (χ4v) is 2.02. The number of Topliss-reactive ketones (excluding diaryl/α,β-unsaturated/α-hetero) is 1. The topological polar surface area (TPSA) is 133 Å². The predicted molar refractivity (Wildman–Crippen MR) is 89.3 cm³/mol. The normalized spacial score (nSPS) is 14.4. The Labute approximate surface area is 146 Å². The van der Waals surface area contributed by atoms with Gasteiger partial charge in [0.15, 0.2) is 0 Å². The number of rotatable bonds is 10.